The Morgan fingerprint density at radius 1 is 1.23 bits per heavy atom. The molecule has 8 heteroatoms. The summed E-state index contributed by atoms with van der Waals surface area (Å²) < 4.78 is 60.1. The molecule has 0 amide bonds. The number of pyridine rings is 1. The van der Waals surface area contributed by atoms with E-state index in [1.54, 1.807) is 24.5 Å². The molecule has 2 N–H and O–H groups in total. The minimum atomic E-state index is -2.81. The first-order chi connectivity index (χ1) is 14.2. The van der Waals surface area contributed by atoms with Gasteiger partial charge in [-0.2, -0.15) is 0 Å². The normalized spacial score (nSPS) is 15.9. The lowest BCUT2D eigenvalue weighted by molar-refractivity contribution is -0.0445. The number of hydrogen-bond donors (Lipinski definition) is 2. The predicted octanol–water partition coefficient (Wildman–Crippen LogP) is 4.96. The number of ether oxygens (including phenoxy) is 1. The fourth-order valence-electron chi connectivity index (χ4n) is 4.07. The van der Waals surface area contributed by atoms with Gasteiger partial charge in [0.2, 0.25) is 6.43 Å². The van der Waals surface area contributed by atoms with Crippen molar-refractivity contribution in [3.8, 4) is 5.75 Å². The first kappa shape index (κ1) is 22.1. The number of halogens is 4. The highest BCUT2D eigenvalue weighted by Crippen LogP contribution is 2.41. The van der Waals surface area contributed by atoms with Crippen molar-refractivity contribution in [1.82, 2.24) is 9.97 Å². The highest BCUT2D eigenvalue weighted by Gasteiger charge is 2.42. The summed E-state index contributed by atoms with van der Waals surface area (Å²) in [5.41, 5.74) is -1.98. The highest BCUT2D eigenvalue weighted by molar-refractivity contribution is 5.79. The van der Waals surface area contributed by atoms with Crippen molar-refractivity contribution < 1.29 is 27.4 Å². The number of methoxy groups -OCH3 is 1. The third-order valence-corrected chi connectivity index (χ3v) is 5.36. The molecule has 0 saturated carbocycles. The molecule has 2 atom stereocenters. The van der Waals surface area contributed by atoms with E-state index in [2.05, 4.69) is 9.97 Å². The number of alkyl halides is 3. The van der Waals surface area contributed by atoms with Crippen LogP contribution in [0.3, 0.4) is 0 Å². The molecule has 0 aliphatic heterocycles. The maximum Gasteiger partial charge on any atom is 0.241 e. The fraction of sp³-hybridized carbons (Fsp3) is 0.409. The average Bonchev–Trinajstić information content (AvgIpc) is 3.08. The lowest BCUT2D eigenvalue weighted by atomic mass is 9.72. The summed E-state index contributed by atoms with van der Waals surface area (Å²) in [6, 6.07) is 7.14. The maximum atomic E-state index is 14.3. The zero-order valence-corrected chi connectivity index (χ0v) is 16.8. The van der Waals surface area contributed by atoms with Crippen molar-refractivity contribution in [2.24, 2.45) is 0 Å². The molecule has 0 radical (unpaired) electrons. The Labute approximate surface area is 171 Å². The number of aliphatic hydroxyl groups is 1. The van der Waals surface area contributed by atoms with Crippen molar-refractivity contribution in [1.29, 1.82) is 0 Å². The second-order valence-electron chi connectivity index (χ2n) is 7.97. The SMILES string of the molecule is COc1ccc(F)cc1C(C)(CF)CC(O)(Cc1cc2ccncc2[nH]1)CC(F)F. The van der Waals surface area contributed by atoms with Gasteiger partial charge in [-0.1, -0.05) is 6.92 Å². The van der Waals surface area contributed by atoms with E-state index in [1.807, 2.05) is 0 Å². The van der Waals surface area contributed by atoms with Crippen molar-refractivity contribution in [3.05, 3.63) is 59.8 Å². The molecule has 3 rings (SSSR count). The monoisotopic (exact) mass is 424 g/mol. The van der Waals surface area contributed by atoms with E-state index in [9.17, 15) is 22.7 Å². The summed E-state index contributed by atoms with van der Waals surface area (Å²) in [7, 11) is 1.36. The number of aromatic amines is 1. The molecule has 30 heavy (non-hydrogen) atoms. The summed E-state index contributed by atoms with van der Waals surface area (Å²) in [5, 5.41) is 12.0. The Kier molecular flexibility index (Phi) is 6.36. The Balaban J connectivity index is 1.98. The van der Waals surface area contributed by atoms with Crippen LogP contribution in [0, 0.1) is 5.82 Å². The third-order valence-electron chi connectivity index (χ3n) is 5.36. The number of nitrogens with zero attached hydrogens (tertiary/aromatic N) is 1. The van der Waals surface area contributed by atoms with E-state index in [0.29, 0.717) is 11.2 Å². The van der Waals surface area contributed by atoms with Crippen molar-refractivity contribution in [3.63, 3.8) is 0 Å². The summed E-state index contributed by atoms with van der Waals surface area (Å²) in [6.45, 7) is 0.477. The molecule has 0 fully saturated rings. The minimum Gasteiger partial charge on any atom is -0.496 e. The van der Waals surface area contributed by atoms with Gasteiger partial charge >= 0.3 is 0 Å². The van der Waals surface area contributed by atoms with Crippen molar-refractivity contribution >= 4 is 10.9 Å². The molecule has 2 unspecified atom stereocenters. The van der Waals surface area contributed by atoms with Crippen LogP contribution in [0.2, 0.25) is 0 Å². The third kappa shape index (κ3) is 4.75. The molecule has 0 bridgehead atoms. The van der Waals surface area contributed by atoms with Crippen LogP contribution in [-0.4, -0.2) is 40.9 Å². The Hall–Kier alpha value is -2.61. The summed E-state index contributed by atoms with van der Waals surface area (Å²) in [4.78, 5) is 7.05. The molecular formula is C22H24F4N2O2. The smallest absolute Gasteiger partial charge is 0.241 e. The Bertz CT molecular complexity index is 977. The van der Waals surface area contributed by atoms with E-state index >= 15 is 0 Å². The summed E-state index contributed by atoms with van der Waals surface area (Å²) in [6.07, 6.45) is -0.976. The lowest BCUT2D eigenvalue weighted by Crippen LogP contribution is -2.43. The van der Waals surface area contributed by atoms with E-state index in [0.717, 1.165) is 11.5 Å². The molecule has 4 nitrogen and oxygen atoms in total. The Morgan fingerprint density at radius 2 is 2.00 bits per heavy atom. The van der Waals surface area contributed by atoms with Crippen LogP contribution < -0.4 is 4.74 Å². The second kappa shape index (κ2) is 8.63. The number of hydrogen-bond acceptors (Lipinski definition) is 3. The first-order valence-corrected chi connectivity index (χ1v) is 9.50. The van der Waals surface area contributed by atoms with Crippen LogP contribution >= 0.6 is 0 Å². The standard InChI is InChI=1S/C22H24F4N2O2/c1-21(13-23,17-8-15(24)3-4-19(17)30-2)12-22(29,10-20(25)26)9-16-7-14-5-6-27-11-18(14)28-16/h3-8,11,20,28-29H,9-10,12-13H2,1-2H3. The molecule has 3 aromatic rings. The zero-order chi connectivity index (χ0) is 21.9. The number of rotatable bonds is 9. The topological polar surface area (TPSA) is 58.1 Å². The first-order valence-electron chi connectivity index (χ1n) is 9.50. The molecule has 2 aromatic heterocycles. The van der Waals surface area contributed by atoms with E-state index in [-0.39, 0.29) is 24.2 Å². The lowest BCUT2D eigenvalue weighted by Gasteiger charge is -2.38. The summed E-state index contributed by atoms with van der Waals surface area (Å²) in [5.74, 6) is -0.376. The number of nitrogens with one attached hydrogen (secondary N) is 1. The number of aromatic nitrogens is 2. The number of fused-ring (bicyclic) bond motifs is 1. The van der Waals surface area contributed by atoms with Gasteiger partial charge in [0.05, 0.1) is 31.1 Å². The van der Waals surface area contributed by atoms with Gasteiger partial charge in [0.25, 0.3) is 0 Å². The van der Waals surface area contributed by atoms with E-state index in [4.69, 9.17) is 4.74 Å². The van der Waals surface area contributed by atoms with Crippen LogP contribution in [0.25, 0.3) is 10.9 Å². The molecule has 2 heterocycles. The fourth-order valence-corrected chi connectivity index (χ4v) is 4.07. The molecule has 1 aromatic carbocycles. The van der Waals surface area contributed by atoms with Crippen molar-refractivity contribution in [2.45, 2.75) is 43.6 Å². The van der Waals surface area contributed by atoms with Crippen LogP contribution in [0.1, 0.15) is 31.0 Å². The Morgan fingerprint density at radius 3 is 2.63 bits per heavy atom. The van der Waals surface area contributed by atoms with Gasteiger partial charge in [0.1, 0.15) is 11.6 Å². The largest absolute Gasteiger partial charge is 0.496 e. The summed E-state index contributed by atoms with van der Waals surface area (Å²) >= 11 is 0. The molecule has 0 aliphatic rings. The number of H-pyrrole nitrogens is 1. The minimum absolute atomic E-state index is 0.154. The van der Waals surface area contributed by atoms with E-state index < -0.39 is 36.4 Å². The predicted molar refractivity (Wildman–Crippen MR) is 106 cm³/mol. The quantitative estimate of drug-likeness (QED) is 0.478. The van der Waals surface area contributed by atoms with Gasteiger partial charge in [-0.05, 0) is 36.8 Å². The van der Waals surface area contributed by atoms with Crippen molar-refractivity contribution in [2.75, 3.05) is 13.8 Å². The van der Waals surface area contributed by atoms with Crippen LogP contribution in [-0.2, 0) is 11.8 Å². The maximum absolute atomic E-state index is 14.3. The molecule has 162 valence electrons. The van der Waals surface area contributed by atoms with Gasteiger partial charge in [0, 0.05) is 41.1 Å². The van der Waals surface area contributed by atoms with Gasteiger partial charge in [-0.25, -0.2) is 13.2 Å². The number of benzene rings is 1. The van der Waals surface area contributed by atoms with Gasteiger partial charge in [-0.15, -0.1) is 0 Å². The van der Waals surface area contributed by atoms with Crippen LogP contribution in [0.5, 0.6) is 5.75 Å². The highest BCUT2D eigenvalue weighted by atomic mass is 19.3. The zero-order valence-electron chi connectivity index (χ0n) is 16.8. The second-order valence-corrected chi connectivity index (χ2v) is 7.97. The van der Waals surface area contributed by atoms with Crippen LogP contribution in [0.4, 0.5) is 17.6 Å². The molecule has 0 spiro atoms. The van der Waals surface area contributed by atoms with Gasteiger partial charge in [0.15, 0.2) is 0 Å². The van der Waals surface area contributed by atoms with Gasteiger partial charge < -0.3 is 14.8 Å². The average molecular weight is 424 g/mol. The van der Waals surface area contributed by atoms with Crippen LogP contribution in [0.15, 0.2) is 42.7 Å². The van der Waals surface area contributed by atoms with E-state index in [1.165, 1.54) is 26.2 Å². The molecular weight excluding hydrogens is 400 g/mol. The molecule has 0 aliphatic carbocycles. The van der Waals surface area contributed by atoms with Gasteiger partial charge in [-0.3, -0.25) is 9.37 Å². The molecule has 0 saturated heterocycles.